The molecule has 0 fully saturated rings. The maximum Gasteiger partial charge on any atom is 0.169 e. The van der Waals surface area contributed by atoms with E-state index in [-0.39, 0.29) is 6.10 Å². The van der Waals surface area contributed by atoms with E-state index in [1.54, 1.807) is 6.92 Å². The lowest BCUT2D eigenvalue weighted by molar-refractivity contribution is 0.186. The molecule has 1 heterocycles. The molecule has 0 aliphatic heterocycles. The Morgan fingerprint density at radius 2 is 2.36 bits per heavy atom. The Bertz CT molecular complexity index is 240. The first kappa shape index (κ1) is 8.81. The molecule has 0 saturated heterocycles. The molecule has 3 heteroatoms. The first-order valence-electron chi connectivity index (χ1n) is 3.52. The summed E-state index contributed by atoms with van der Waals surface area (Å²) >= 11 is 3.22. The van der Waals surface area contributed by atoms with Gasteiger partial charge >= 0.3 is 0 Å². The van der Waals surface area contributed by atoms with Crippen LogP contribution < -0.4 is 0 Å². The van der Waals surface area contributed by atoms with E-state index in [1.807, 2.05) is 13.0 Å². The quantitative estimate of drug-likeness (QED) is 0.827. The monoisotopic (exact) mass is 218 g/mol. The summed E-state index contributed by atoms with van der Waals surface area (Å²) in [7, 11) is 0. The first-order valence-corrected chi connectivity index (χ1v) is 4.31. The molecule has 1 N–H and O–H groups in total. The molecule has 1 rings (SSSR count). The lowest BCUT2D eigenvalue weighted by atomic mass is 10.2. The highest BCUT2D eigenvalue weighted by Crippen LogP contribution is 2.20. The molecule has 2 nitrogen and oxygen atoms in total. The summed E-state index contributed by atoms with van der Waals surface area (Å²) in [6.45, 7) is 3.71. The third-order valence-electron chi connectivity index (χ3n) is 1.47. The van der Waals surface area contributed by atoms with E-state index in [4.69, 9.17) is 9.52 Å². The highest BCUT2D eigenvalue weighted by atomic mass is 79.9. The van der Waals surface area contributed by atoms with Crippen molar-refractivity contribution in [2.45, 2.75) is 26.4 Å². The summed E-state index contributed by atoms with van der Waals surface area (Å²) in [6.07, 6.45) is 0.240. The van der Waals surface area contributed by atoms with Crippen LogP contribution in [0.4, 0.5) is 0 Å². The second-order valence-electron chi connectivity index (χ2n) is 2.71. The minimum atomic E-state index is -0.341. The second-order valence-corrected chi connectivity index (χ2v) is 3.49. The lowest BCUT2D eigenvalue weighted by Gasteiger charge is -2.00. The Morgan fingerprint density at radius 3 is 2.73 bits per heavy atom. The number of halogens is 1. The van der Waals surface area contributed by atoms with E-state index < -0.39 is 0 Å². The van der Waals surface area contributed by atoms with Gasteiger partial charge in [-0.15, -0.1) is 0 Å². The van der Waals surface area contributed by atoms with E-state index in [9.17, 15) is 0 Å². The molecule has 0 aliphatic carbocycles. The Hall–Kier alpha value is -0.280. The van der Waals surface area contributed by atoms with Gasteiger partial charge in [0.15, 0.2) is 4.67 Å². The highest BCUT2D eigenvalue weighted by molar-refractivity contribution is 9.10. The Morgan fingerprint density at radius 1 is 1.73 bits per heavy atom. The van der Waals surface area contributed by atoms with Crippen molar-refractivity contribution in [2.24, 2.45) is 0 Å². The number of furan rings is 1. The molecular formula is C8H11BrO2. The number of aliphatic hydroxyl groups is 1. The van der Waals surface area contributed by atoms with Crippen LogP contribution in [0.5, 0.6) is 0 Å². The number of aliphatic hydroxyl groups excluding tert-OH is 1. The summed E-state index contributed by atoms with van der Waals surface area (Å²) in [5, 5.41) is 9.06. The van der Waals surface area contributed by atoms with E-state index in [1.165, 1.54) is 0 Å². The van der Waals surface area contributed by atoms with Gasteiger partial charge in [0.2, 0.25) is 0 Å². The maximum absolute atomic E-state index is 9.06. The van der Waals surface area contributed by atoms with Gasteiger partial charge < -0.3 is 9.52 Å². The number of aryl methyl sites for hydroxylation is 1. The SMILES string of the molecule is Cc1cc(Br)oc1CC(C)O. The molecule has 0 amide bonds. The van der Waals surface area contributed by atoms with Gasteiger partial charge in [0.05, 0.1) is 6.10 Å². The molecule has 1 atom stereocenters. The van der Waals surface area contributed by atoms with Gasteiger partial charge in [0.1, 0.15) is 5.76 Å². The molecule has 1 aromatic heterocycles. The molecule has 1 aromatic rings. The summed E-state index contributed by atoms with van der Waals surface area (Å²) in [6, 6.07) is 1.90. The molecule has 0 saturated carbocycles. The predicted molar refractivity (Wildman–Crippen MR) is 46.5 cm³/mol. The number of rotatable bonds is 2. The number of hydrogen-bond acceptors (Lipinski definition) is 2. The standard InChI is InChI=1S/C8H11BrO2/c1-5-3-8(9)11-7(5)4-6(2)10/h3,6,10H,4H2,1-2H3. The molecule has 0 radical (unpaired) electrons. The van der Waals surface area contributed by atoms with Crippen molar-refractivity contribution in [3.05, 3.63) is 22.1 Å². The average Bonchev–Trinajstić information content (AvgIpc) is 2.09. The lowest BCUT2D eigenvalue weighted by Crippen LogP contribution is -2.03. The van der Waals surface area contributed by atoms with Crippen molar-refractivity contribution in [2.75, 3.05) is 0 Å². The Labute approximate surface area is 74.3 Å². The van der Waals surface area contributed by atoms with Crippen LogP contribution >= 0.6 is 15.9 Å². The predicted octanol–water partition coefficient (Wildman–Crippen LogP) is 2.27. The Kier molecular flexibility index (Phi) is 2.73. The third kappa shape index (κ3) is 2.34. The van der Waals surface area contributed by atoms with Crippen molar-refractivity contribution in [1.29, 1.82) is 0 Å². The molecule has 0 aromatic carbocycles. The van der Waals surface area contributed by atoms with Crippen LogP contribution in [0.1, 0.15) is 18.2 Å². The molecule has 11 heavy (non-hydrogen) atoms. The smallest absolute Gasteiger partial charge is 0.169 e. The zero-order valence-corrected chi connectivity index (χ0v) is 8.18. The van der Waals surface area contributed by atoms with Crippen LogP contribution in [0.2, 0.25) is 0 Å². The third-order valence-corrected chi connectivity index (χ3v) is 1.86. The van der Waals surface area contributed by atoms with Gasteiger partial charge in [-0.3, -0.25) is 0 Å². The van der Waals surface area contributed by atoms with E-state index in [2.05, 4.69) is 15.9 Å². The van der Waals surface area contributed by atoms with Crippen LogP contribution in [0.25, 0.3) is 0 Å². The molecule has 62 valence electrons. The Balaban J connectivity index is 2.77. The van der Waals surface area contributed by atoms with Gasteiger partial charge in [-0.2, -0.15) is 0 Å². The molecular weight excluding hydrogens is 208 g/mol. The van der Waals surface area contributed by atoms with Gasteiger partial charge in [-0.1, -0.05) is 0 Å². The minimum Gasteiger partial charge on any atom is -0.454 e. The minimum absolute atomic E-state index is 0.341. The van der Waals surface area contributed by atoms with Gasteiger partial charge in [-0.05, 0) is 41.4 Å². The highest BCUT2D eigenvalue weighted by Gasteiger charge is 2.07. The molecule has 1 unspecified atom stereocenters. The molecule has 0 spiro atoms. The zero-order valence-electron chi connectivity index (χ0n) is 6.60. The van der Waals surface area contributed by atoms with Gasteiger partial charge in [0.25, 0.3) is 0 Å². The topological polar surface area (TPSA) is 33.4 Å². The summed E-state index contributed by atoms with van der Waals surface area (Å²) in [5.74, 6) is 0.854. The second kappa shape index (κ2) is 3.41. The average molecular weight is 219 g/mol. The molecule has 0 aliphatic rings. The van der Waals surface area contributed by atoms with Crippen molar-refractivity contribution < 1.29 is 9.52 Å². The fourth-order valence-corrected chi connectivity index (χ4v) is 1.49. The maximum atomic E-state index is 9.06. The fourth-order valence-electron chi connectivity index (χ4n) is 0.949. The van der Waals surface area contributed by atoms with Gasteiger partial charge in [-0.25, -0.2) is 0 Å². The largest absolute Gasteiger partial charge is 0.454 e. The van der Waals surface area contributed by atoms with Crippen molar-refractivity contribution in [3.63, 3.8) is 0 Å². The summed E-state index contributed by atoms with van der Waals surface area (Å²) < 4.78 is 6.01. The zero-order chi connectivity index (χ0) is 8.43. The van der Waals surface area contributed by atoms with Crippen molar-refractivity contribution >= 4 is 15.9 Å². The van der Waals surface area contributed by atoms with Crippen LogP contribution in [0.3, 0.4) is 0 Å². The normalized spacial score (nSPS) is 13.5. The fraction of sp³-hybridized carbons (Fsp3) is 0.500. The number of hydrogen-bond donors (Lipinski definition) is 1. The van der Waals surface area contributed by atoms with Gasteiger partial charge in [0, 0.05) is 6.42 Å². The van der Waals surface area contributed by atoms with E-state index in [0.717, 1.165) is 16.0 Å². The van der Waals surface area contributed by atoms with Crippen LogP contribution in [-0.4, -0.2) is 11.2 Å². The first-order chi connectivity index (χ1) is 5.09. The van der Waals surface area contributed by atoms with Crippen LogP contribution in [0, 0.1) is 6.92 Å². The molecule has 0 bridgehead atoms. The van der Waals surface area contributed by atoms with E-state index >= 15 is 0 Å². The summed E-state index contributed by atoms with van der Waals surface area (Å²) in [5.41, 5.74) is 1.08. The van der Waals surface area contributed by atoms with Crippen LogP contribution in [0.15, 0.2) is 15.2 Å². The van der Waals surface area contributed by atoms with Crippen LogP contribution in [-0.2, 0) is 6.42 Å². The van der Waals surface area contributed by atoms with E-state index in [0.29, 0.717) is 6.42 Å². The summed E-state index contributed by atoms with van der Waals surface area (Å²) in [4.78, 5) is 0. The van der Waals surface area contributed by atoms with Crippen molar-refractivity contribution in [1.82, 2.24) is 0 Å². The van der Waals surface area contributed by atoms with Crippen molar-refractivity contribution in [3.8, 4) is 0 Å².